The Labute approximate surface area is 136 Å². The normalized spacial score (nSPS) is 17.5. The molecule has 1 aromatic rings. The number of hydrogen-bond acceptors (Lipinski definition) is 1. The first-order valence-corrected chi connectivity index (χ1v) is 9.06. The molecule has 116 valence electrons. The first-order valence-electron chi connectivity index (χ1n) is 7.93. The second-order valence-electron chi connectivity index (χ2n) is 6.58. The molecule has 21 heavy (non-hydrogen) atoms. The molecule has 1 aliphatic carbocycles. The van der Waals surface area contributed by atoms with Crippen LogP contribution in [0.15, 0.2) is 18.2 Å². The monoisotopic (exact) mass is 351 g/mol. The lowest BCUT2D eigenvalue weighted by Gasteiger charge is -2.35. The lowest BCUT2D eigenvalue weighted by atomic mass is 9.75. The number of carbonyl (C=O) groups excluding carboxylic acids is 1. The Hall–Kier alpha value is -0.830. The van der Waals surface area contributed by atoms with Crippen LogP contribution in [-0.2, 0) is 11.2 Å². The van der Waals surface area contributed by atoms with Crippen LogP contribution in [0.1, 0.15) is 48.8 Å². The molecule has 0 unspecified atom stereocenters. The predicted molar refractivity (Wildman–Crippen MR) is 91.9 cm³/mol. The molecule has 1 aliphatic rings. The number of rotatable bonds is 5. The number of carbonyl (C=O) groups is 1. The number of hydrogen-bond donors (Lipinski definition) is 1. The van der Waals surface area contributed by atoms with Crippen LogP contribution in [0.3, 0.4) is 0 Å². The van der Waals surface area contributed by atoms with E-state index in [2.05, 4.69) is 53.3 Å². The van der Waals surface area contributed by atoms with Gasteiger partial charge in [0.1, 0.15) is 0 Å². The summed E-state index contributed by atoms with van der Waals surface area (Å²) in [7, 11) is 0. The Kier molecular flexibility index (Phi) is 5.86. The third-order valence-electron chi connectivity index (χ3n) is 4.71. The molecule has 1 fully saturated rings. The quantitative estimate of drug-likeness (QED) is 0.786. The van der Waals surface area contributed by atoms with Crippen molar-refractivity contribution < 1.29 is 4.79 Å². The molecule has 0 radical (unpaired) electrons. The number of aryl methyl sites for hydroxylation is 2. The topological polar surface area (TPSA) is 29.1 Å². The van der Waals surface area contributed by atoms with Gasteiger partial charge in [0.25, 0.3) is 0 Å². The molecule has 0 spiro atoms. The van der Waals surface area contributed by atoms with E-state index in [9.17, 15) is 4.79 Å². The van der Waals surface area contributed by atoms with E-state index >= 15 is 0 Å². The number of halogens is 1. The molecule has 1 N–H and O–H groups in total. The number of nitrogens with one attached hydrogen (secondary N) is 1. The highest BCUT2D eigenvalue weighted by atomic mass is 79.9. The van der Waals surface area contributed by atoms with Gasteiger partial charge in [-0.3, -0.25) is 4.79 Å². The highest BCUT2D eigenvalue weighted by Gasteiger charge is 2.31. The van der Waals surface area contributed by atoms with E-state index < -0.39 is 0 Å². The standard InChI is InChI=1S/C18H26BrNO/c1-14-6-7-15(2)16(10-14)11-17(21)20-13-18(12-19)8-4-3-5-9-18/h6-7,10H,3-5,8-9,11-13H2,1-2H3,(H,20,21). The molecule has 1 amide bonds. The summed E-state index contributed by atoms with van der Waals surface area (Å²) in [4.78, 5) is 12.3. The summed E-state index contributed by atoms with van der Waals surface area (Å²) in [5, 5.41) is 4.16. The minimum Gasteiger partial charge on any atom is -0.355 e. The van der Waals surface area contributed by atoms with Crippen LogP contribution in [0, 0.1) is 19.3 Å². The molecule has 2 nitrogen and oxygen atoms in total. The maximum atomic E-state index is 12.3. The van der Waals surface area contributed by atoms with Gasteiger partial charge in [0, 0.05) is 11.9 Å². The lowest BCUT2D eigenvalue weighted by molar-refractivity contribution is -0.121. The summed E-state index contributed by atoms with van der Waals surface area (Å²) < 4.78 is 0. The van der Waals surface area contributed by atoms with E-state index in [1.165, 1.54) is 43.2 Å². The molecule has 0 atom stereocenters. The van der Waals surface area contributed by atoms with Gasteiger partial charge in [-0.15, -0.1) is 0 Å². The van der Waals surface area contributed by atoms with Crippen molar-refractivity contribution in [3.05, 3.63) is 34.9 Å². The van der Waals surface area contributed by atoms with Crippen LogP contribution >= 0.6 is 15.9 Å². The Morgan fingerprint density at radius 2 is 1.95 bits per heavy atom. The molecule has 0 heterocycles. The fourth-order valence-corrected chi connectivity index (χ4v) is 3.93. The number of benzene rings is 1. The third-order valence-corrected chi connectivity index (χ3v) is 5.90. The SMILES string of the molecule is Cc1ccc(C)c(CC(=O)NCC2(CBr)CCCCC2)c1. The molecular formula is C18H26BrNO. The van der Waals surface area contributed by atoms with Gasteiger partial charge in [-0.1, -0.05) is 59.0 Å². The van der Waals surface area contributed by atoms with Crippen molar-refractivity contribution in [1.82, 2.24) is 5.32 Å². The van der Waals surface area contributed by atoms with E-state index in [1.54, 1.807) is 0 Å². The Bertz CT molecular complexity index is 492. The Morgan fingerprint density at radius 1 is 1.24 bits per heavy atom. The highest BCUT2D eigenvalue weighted by molar-refractivity contribution is 9.09. The van der Waals surface area contributed by atoms with Crippen LogP contribution in [-0.4, -0.2) is 17.8 Å². The zero-order valence-corrected chi connectivity index (χ0v) is 14.8. The molecule has 2 rings (SSSR count). The fourth-order valence-electron chi connectivity index (χ4n) is 3.17. The zero-order chi connectivity index (χ0) is 15.3. The van der Waals surface area contributed by atoms with E-state index in [4.69, 9.17) is 0 Å². The predicted octanol–water partition coefficient (Wildman–Crippen LogP) is 4.31. The summed E-state index contributed by atoms with van der Waals surface area (Å²) in [6, 6.07) is 6.31. The Morgan fingerprint density at radius 3 is 2.62 bits per heavy atom. The second-order valence-corrected chi connectivity index (χ2v) is 7.14. The van der Waals surface area contributed by atoms with E-state index in [0.717, 1.165) is 17.4 Å². The van der Waals surface area contributed by atoms with E-state index in [0.29, 0.717) is 6.42 Å². The average molecular weight is 352 g/mol. The van der Waals surface area contributed by atoms with Gasteiger partial charge in [-0.25, -0.2) is 0 Å². The van der Waals surface area contributed by atoms with Crippen LogP contribution in [0.5, 0.6) is 0 Å². The number of amides is 1. The van der Waals surface area contributed by atoms with Crippen molar-refractivity contribution in [3.63, 3.8) is 0 Å². The van der Waals surface area contributed by atoms with Crippen LogP contribution in [0.2, 0.25) is 0 Å². The minimum absolute atomic E-state index is 0.148. The molecule has 3 heteroatoms. The maximum absolute atomic E-state index is 12.3. The average Bonchev–Trinajstić information content (AvgIpc) is 2.50. The summed E-state index contributed by atoms with van der Waals surface area (Å²) in [6.07, 6.45) is 6.86. The van der Waals surface area contributed by atoms with Crippen LogP contribution < -0.4 is 5.32 Å². The zero-order valence-electron chi connectivity index (χ0n) is 13.2. The molecule has 0 saturated heterocycles. The summed E-state index contributed by atoms with van der Waals surface area (Å²) in [5.74, 6) is 0.148. The maximum Gasteiger partial charge on any atom is 0.224 e. The largest absolute Gasteiger partial charge is 0.355 e. The molecule has 0 aliphatic heterocycles. The highest BCUT2D eigenvalue weighted by Crippen LogP contribution is 2.37. The van der Waals surface area contributed by atoms with Crippen molar-refractivity contribution >= 4 is 21.8 Å². The summed E-state index contributed by atoms with van der Waals surface area (Å²) >= 11 is 3.65. The number of alkyl halides is 1. The van der Waals surface area contributed by atoms with Crippen LogP contribution in [0.25, 0.3) is 0 Å². The van der Waals surface area contributed by atoms with Crippen molar-refractivity contribution in [2.75, 3.05) is 11.9 Å². The van der Waals surface area contributed by atoms with Gasteiger partial charge in [-0.2, -0.15) is 0 Å². The Balaban J connectivity index is 1.91. The molecular weight excluding hydrogens is 326 g/mol. The molecule has 0 bridgehead atoms. The van der Waals surface area contributed by atoms with Crippen molar-refractivity contribution in [1.29, 1.82) is 0 Å². The van der Waals surface area contributed by atoms with Gasteiger partial charge in [0.15, 0.2) is 0 Å². The molecule has 1 saturated carbocycles. The van der Waals surface area contributed by atoms with Crippen molar-refractivity contribution in [2.24, 2.45) is 5.41 Å². The van der Waals surface area contributed by atoms with Crippen LogP contribution in [0.4, 0.5) is 0 Å². The van der Waals surface area contributed by atoms with Crippen molar-refractivity contribution in [3.8, 4) is 0 Å². The first kappa shape index (κ1) is 16.5. The van der Waals surface area contributed by atoms with Gasteiger partial charge in [0.05, 0.1) is 6.42 Å². The fraction of sp³-hybridized carbons (Fsp3) is 0.611. The van der Waals surface area contributed by atoms with E-state index in [1.807, 2.05) is 0 Å². The lowest BCUT2D eigenvalue weighted by Crippen LogP contribution is -2.40. The second kappa shape index (κ2) is 7.44. The summed E-state index contributed by atoms with van der Waals surface area (Å²) in [5.41, 5.74) is 3.83. The van der Waals surface area contributed by atoms with Crippen molar-refractivity contribution in [2.45, 2.75) is 52.4 Å². The third kappa shape index (κ3) is 4.57. The smallest absolute Gasteiger partial charge is 0.224 e. The van der Waals surface area contributed by atoms with Gasteiger partial charge in [0.2, 0.25) is 5.91 Å². The van der Waals surface area contributed by atoms with Gasteiger partial charge < -0.3 is 5.32 Å². The summed E-state index contributed by atoms with van der Waals surface area (Å²) in [6.45, 7) is 4.95. The molecule has 1 aromatic carbocycles. The first-order chi connectivity index (χ1) is 10.0. The molecule has 0 aromatic heterocycles. The van der Waals surface area contributed by atoms with Gasteiger partial charge in [-0.05, 0) is 43.2 Å². The minimum atomic E-state index is 0.148. The van der Waals surface area contributed by atoms with Gasteiger partial charge >= 0.3 is 0 Å². The van der Waals surface area contributed by atoms with E-state index in [-0.39, 0.29) is 11.3 Å².